The Balaban J connectivity index is 2.44. The molecular weight excluding hydrogens is 273 g/mol. The predicted molar refractivity (Wildman–Crippen MR) is 81.9 cm³/mol. The number of halogens is 1. The van der Waals surface area contributed by atoms with Gasteiger partial charge >= 0.3 is 6.03 Å². The van der Waals surface area contributed by atoms with Crippen LogP contribution in [-0.4, -0.2) is 37.9 Å². The van der Waals surface area contributed by atoms with Gasteiger partial charge in [0.2, 0.25) is 0 Å². The lowest BCUT2D eigenvalue weighted by Gasteiger charge is -2.16. The third-order valence-electron chi connectivity index (χ3n) is 3.12. The molecule has 2 amide bonds. The molecule has 118 valence electrons. The van der Waals surface area contributed by atoms with Crippen LogP contribution in [0.25, 0.3) is 0 Å². The number of rotatable bonds is 7. The summed E-state index contributed by atoms with van der Waals surface area (Å²) < 4.78 is 13.8. The average molecular weight is 297 g/mol. The highest BCUT2D eigenvalue weighted by Crippen LogP contribution is 2.18. The number of anilines is 1. The molecule has 0 aromatic heterocycles. The molecule has 0 aliphatic heterocycles. The van der Waals surface area contributed by atoms with E-state index in [1.165, 1.54) is 6.07 Å². The van der Waals surface area contributed by atoms with Gasteiger partial charge in [-0.15, -0.1) is 0 Å². The topological polar surface area (TPSA) is 64.6 Å². The Morgan fingerprint density at radius 1 is 1.43 bits per heavy atom. The number of urea groups is 1. The zero-order valence-electron chi connectivity index (χ0n) is 12.8. The van der Waals surface area contributed by atoms with E-state index in [0.717, 1.165) is 6.42 Å². The normalized spacial score (nSPS) is 11.9. The second kappa shape index (κ2) is 8.46. The van der Waals surface area contributed by atoms with Gasteiger partial charge in [-0.3, -0.25) is 0 Å². The summed E-state index contributed by atoms with van der Waals surface area (Å²) in [4.78, 5) is 13.4. The predicted octanol–water partition coefficient (Wildman–Crippen LogP) is 1.85. The molecule has 0 spiro atoms. The van der Waals surface area contributed by atoms with Gasteiger partial charge in [0.15, 0.2) is 0 Å². The van der Waals surface area contributed by atoms with E-state index >= 15 is 0 Å². The molecule has 1 rings (SSSR count). The minimum absolute atomic E-state index is 0.00926. The molecule has 0 aliphatic carbocycles. The molecule has 6 heteroatoms. The summed E-state index contributed by atoms with van der Waals surface area (Å²) in [5.41, 5.74) is 1.22. The van der Waals surface area contributed by atoms with Crippen LogP contribution in [0.1, 0.15) is 25.3 Å². The Kier molecular flexibility index (Phi) is 6.94. The second-order valence-electron chi connectivity index (χ2n) is 5.27. The average Bonchev–Trinajstić information content (AvgIpc) is 2.42. The van der Waals surface area contributed by atoms with E-state index in [0.29, 0.717) is 17.7 Å². The first-order valence-electron chi connectivity index (χ1n) is 7.05. The smallest absolute Gasteiger partial charge is 0.315 e. The van der Waals surface area contributed by atoms with Gasteiger partial charge in [0.05, 0.1) is 5.69 Å². The fourth-order valence-corrected chi connectivity index (χ4v) is 1.95. The molecule has 1 unspecified atom stereocenters. The molecule has 0 saturated heterocycles. The van der Waals surface area contributed by atoms with Crippen molar-refractivity contribution in [2.45, 2.75) is 32.4 Å². The Morgan fingerprint density at radius 3 is 2.71 bits per heavy atom. The zero-order chi connectivity index (χ0) is 15.8. The van der Waals surface area contributed by atoms with Crippen molar-refractivity contribution in [1.82, 2.24) is 10.6 Å². The highest BCUT2D eigenvalue weighted by molar-refractivity contribution is 5.74. The SMILES string of the molecule is CC(CCCO)NC(=O)NCc1ccc(N(C)C)c(F)c1. The molecule has 1 aromatic carbocycles. The van der Waals surface area contributed by atoms with Gasteiger partial charge in [-0.25, -0.2) is 9.18 Å². The molecule has 0 radical (unpaired) electrons. The monoisotopic (exact) mass is 297 g/mol. The van der Waals surface area contributed by atoms with Crippen LogP contribution in [0.3, 0.4) is 0 Å². The number of carbonyl (C=O) groups excluding carboxylic acids is 1. The number of amides is 2. The maximum absolute atomic E-state index is 13.8. The largest absolute Gasteiger partial charge is 0.396 e. The van der Waals surface area contributed by atoms with Crippen molar-refractivity contribution < 1.29 is 14.3 Å². The van der Waals surface area contributed by atoms with E-state index < -0.39 is 0 Å². The van der Waals surface area contributed by atoms with Crippen molar-refractivity contribution in [3.63, 3.8) is 0 Å². The van der Waals surface area contributed by atoms with Crippen molar-refractivity contribution in [2.75, 3.05) is 25.6 Å². The van der Waals surface area contributed by atoms with Crippen molar-refractivity contribution in [2.24, 2.45) is 0 Å². The fraction of sp³-hybridized carbons (Fsp3) is 0.533. The molecule has 21 heavy (non-hydrogen) atoms. The Morgan fingerprint density at radius 2 is 2.14 bits per heavy atom. The van der Waals surface area contributed by atoms with E-state index in [4.69, 9.17) is 5.11 Å². The standard InChI is InChI=1S/C15H24FN3O2/c1-11(5-4-8-20)18-15(21)17-10-12-6-7-14(19(2)3)13(16)9-12/h6-7,9,11,20H,4-5,8,10H2,1-3H3,(H2,17,18,21). The van der Waals surface area contributed by atoms with Gasteiger partial charge in [-0.1, -0.05) is 6.07 Å². The summed E-state index contributed by atoms with van der Waals surface area (Å²) in [6.07, 6.45) is 1.37. The van der Waals surface area contributed by atoms with E-state index in [9.17, 15) is 9.18 Å². The molecule has 1 aromatic rings. The molecule has 0 fully saturated rings. The van der Waals surface area contributed by atoms with Gasteiger partial charge in [0.1, 0.15) is 5.82 Å². The van der Waals surface area contributed by atoms with Crippen molar-refractivity contribution in [1.29, 1.82) is 0 Å². The third kappa shape index (κ3) is 5.99. The van der Waals surface area contributed by atoms with Gasteiger partial charge in [0.25, 0.3) is 0 Å². The molecule has 1 atom stereocenters. The van der Waals surface area contributed by atoms with E-state index in [2.05, 4.69) is 10.6 Å². The summed E-state index contributed by atoms with van der Waals surface area (Å²) in [7, 11) is 3.55. The van der Waals surface area contributed by atoms with Crippen LogP contribution in [0, 0.1) is 5.82 Å². The summed E-state index contributed by atoms with van der Waals surface area (Å²) in [5, 5.41) is 14.2. The Hall–Kier alpha value is -1.82. The quantitative estimate of drug-likeness (QED) is 0.719. The number of nitrogens with zero attached hydrogens (tertiary/aromatic N) is 1. The fourth-order valence-electron chi connectivity index (χ4n) is 1.95. The van der Waals surface area contributed by atoms with Gasteiger partial charge in [-0.2, -0.15) is 0 Å². The number of benzene rings is 1. The Bertz CT molecular complexity index is 466. The molecule has 3 N–H and O–H groups in total. The number of aliphatic hydroxyl groups is 1. The van der Waals surface area contributed by atoms with E-state index in [1.807, 2.05) is 6.92 Å². The van der Waals surface area contributed by atoms with Crippen LogP contribution >= 0.6 is 0 Å². The van der Waals surface area contributed by atoms with Crippen LogP contribution in [0.15, 0.2) is 18.2 Å². The van der Waals surface area contributed by atoms with Crippen molar-refractivity contribution >= 4 is 11.7 Å². The lowest BCUT2D eigenvalue weighted by Crippen LogP contribution is -2.40. The second-order valence-corrected chi connectivity index (χ2v) is 5.27. The highest BCUT2D eigenvalue weighted by Gasteiger charge is 2.08. The van der Waals surface area contributed by atoms with Crippen LogP contribution < -0.4 is 15.5 Å². The van der Waals surface area contributed by atoms with Crippen LogP contribution in [0.5, 0.6) is 0 Å². The first-order chi connectivity index (χ1) is 9.93. The zero-order valence-corrected chi connectivity index (χ0v) is 12.8. The van der Waals surface area contributed by atoms with Gasteiger partial charge in [-0.05, 0) is 37.5 Å². The van der Waals surface area contributed by atoms with E-state index in [1.54, 1.807) is 31.1 Å². The van der Waals surface area contributed by atoms with Crippen LogP contribution in [-0.2, 0) is 6.54 Å². The first-order valence-corrected chi connectivity index (χ1v) is 7.05. The summed E-state index contributed by atoms with van der Waals surface area (Å²) in [6.45, 7) is 2.26. The van der Waals surface area contributed by atoms with E-state index in [-0.39, 0.29) is 31.0 Å². The molecular formula is C15H24FN3O2. The summed E-state index contributed by atoms with van der Waals surface area (Å²) >= 11 is 0. The van der Waals surface area contributed by atoms with Crippen molar-refractivity contribution in [3.05, 3.63) is 29.6 Å². The highest BCUT2D eigenvalue weighted by atomic mass is 19.1. The summed E-state index contributed by atoms with van der Waals surface area (Å²) in [6, 6.07) is 4.59. The van der Waals surface area contributed by atoms with Gasteiger partial charge < -0.3 is 20.6 Å². The lowest BCUT2D eigenvalue weighted by atomic mass is 10.2. The van der Waals surface area contributed by atoms with Crippen LogP contribution in [0.2, 0.25) is 0 Å². The maximum Gasteiger partial charge on any atom is 0.315 e. The molecule has 0 bridgehead atoms. The number of carbonyl (C=O) groups is 1. The minimum Gasteiger partial charge on any atom is -0.396 e. The van der Waals surface area contributed by atoms with Gasteiger partial charge in [0, 0.05) is 33.3 Å². The first kappa shape index (κ1) is 17.2. The Labute approximate surface area is 125 Å². The number of hydrogen-bond acceptors (Lipinski definition) is 3. The number of aliphatic hydroxyl groups excluding tert-OH is 1. The molecule has 5 nitrogen and oxygen atoms in total. The molecule has 0 aliphatic rings. The van der Waals surface area contributed by atoms with Crippen molar-refractivity contribution in [3.8, 4) is 0 Å². The minimum atomic E-state index is -0.309. The third-order valence-corrected chi connectivity index (χ3v) is 3.12. The molecule has 0 heterocycles. The lowest BCUT2D eigenvalue weighted by molar-refractivity contribution is 0.234. The molecule has 0 saturated carbocycles. The van der Waals surface area contributed by atoms with Crippen LogP contribution in [0.4, 0.5) is 14.9 Å². The maximum atomic E-state index is 13.8. The number of nitrogens with one attached hydrogen (secondary N) is 2. The summed E-state index contributed by atoms with van der Waals surface area (Å²) in [5.74, 6) is -0.309. The number of hydrogen-bond donors (Lipinski definition) is 3.